The van der Waals surface area contributed by atoms with Crippen LogP contribution in [-0.2, 0) is 0 Å². The Labute approximate surface area is 109 Å². The normalized spacial score (nSPS) is 14.3. The maximum absolute atomic E-state index is 13.4. The number of hydrogen-bond donors (Lipinski definition) is 2. The molecule has 0 aromatic heterocycles. The predicted molar refractivity (Wildman–Crippen MR) is 67.7 cm³/mol. The lowest BCUT2D eigenvalue weighted by molar-refractivity contribution is 0.0693. The Morgan fingerprint density at radius 3 is 2.74 bits per heavy atom. The molecule has 0 saturated heterocycles. The van der Waals surface area contributed by atoms with Gasteiger partial charge in [-0.25, -0.2) is 14.0 Å². The SMILES string of the molecule is O=C(O)c1c(F)cccc1NC(=O)N1CC=CCC1. The minimum absolute atomic E-state index is 0.0351. The molecule has 1 aromatic carbocycles. The van der Waals surface area contributed by atoms with Crippen molar-refractivity contribution < 1.29 is 19.1 Å². The summed E-state index contributed by atoms with van der Waals surface area (Å²) in [5, 5.41) is 11.4. The first-order valence-corrected chi connectivity index (χ1v) is 5.82. The lowest BCUT2D eigenvalue weighted by Crippen LogP contribution is -2.37. The number of anilines is 1. The summed E-state index contributed by atoms with van der Waals surface area (Å²) >= 11 is 0. The Kier molecular flexibility index (Phi) is 3.79. The summed E-state index contributed by atoms with van der Waals surface area (Å²) in [6.07, 6.45) is 4.57. The molecule has 2 rings (SSSR count). The molecule has 0 unspecified atom stereocenters. The molecule has 2 amide bonds. The summed E-state index contributed by atoms with van der Waals surface area (Å²) in [7, 11) is 0. The summed E-state index contributed by atoms with van der Waals surface area (Å²) < 4.78 is 13.4. The van der Waals surface area contributed by atoms with Crippen LogP contribution in [0.3, 0.4) is 0 Å². The Morgan fingerprint density at radius 1 is 1.32 bits per heavy atom. The van der Waals surface area contributed by atoms with Crippen molar-refractivity contribution in [3.63, 3.8) is 0 Å². The molecule has 0 aliphatic carbocycles. The van der Waals surface area contributed by atoms with Gasteiger partial charge in [0.25, 0.3) is 0 Å². The number of urea groups is 1. The Morgan fingerprint density at radius 2 is 2.11 bits per heavy atom. The van der Waals surface area contributed by atoms with Crippen molar-refractivity contribution in [2.24, 2.45) is 0 Å². The third-order valence-electron chi connectivity index (χ3n) is 2.81. The van der Waals surface area contributed by atoms with E-state index in [2.05, 4.69) is 5.32 Å². The van der Waals surface area contributed by atoms with Crippen molar-refractivity contribution in [2.75, 3.05) is 18.4 Å². The number of halogens is 1. The zero-order valence-corrected chi connectivity index (χ0v) is 10.1. The highest BCUT2D eigenvalue weighted by molar-refractivity contribution is 6.00. The van der Waals surface area contributed by atoms with Gasteiger partial charge in [-0.05, 0) is 18.6 Å². The fraction of sp³-hybridized carbons (Fsp3) is 0.231. The number of rotatable bonds is 2. The molecule has 0 fully saturated rings. The van der Waals surface area contributed by atoms with Crippen molar-refractivity contribution in [2.45, 2.75) is 6.42 Å². The topological polar surface area (TPSA) is 69.6 Å². The second-order valence-corrected chi connectivity index (χ2v) is 4.10. The Bertz CT molecular complexity index is 543. The first-order valence-electron chi connectivity index (χ1n) is 5.82. The van der Waals surface area contributed by atoms with Gasteiger partial charge in [0, 0.05) is 13.1 Å². The second kappa shape index (κ2) is 5.51. The van der Waals surface area contributed by atoms with E-state index in [-0.39, 0.29) is 5.69 Å². The van der Waals surface area contributed by atoms with Crippen LogP contribution in [0, 0.1) is 5.82 Å². The Balaban J connectivity index is 2.19. The van der Waals surface area contributed by atoms with Gasteiger partial charge in [0.15, 0.2) is 0 Å². The second-order valence-electron chi connectivity index (χ2n) is 4.10. The van der Waals surface area contributed by atoms with Crippen LogP contribution in [0.4, 0.5) is 14.9 Å². The molecule has 2 N–H and O–H groups in total. The molecule has 6 heteroatoms. The highest BCUT2D eigenvalue weighted by Crippen LogP contribution is 2.19. The molecule has 5 nitrogen and oxygen atoms in total. The number of amides is 2. The van der Waals surface area contributed by atoms with E-state index in [1.807, 2.05) is 12.2 Å². The van der Waals surface area contributed by atoms with Crippen molar-refractivity contribution in [3.05, 3.63) is 41.7 Å². The van der Waals surface area contributed by atoms with E-state index < -0.39 is 23.4 Å². The number of carbonyl (C=O) groups is 2. The van der Waals surface area contributed by atoms with Crippen LogP contribution in [-0.4, -0.2) is 35.1 Å². The van der Waals surface area contributed by atoms with E-state index in [4.69, 9.17) is 5.11 Å². The quantitative estimate of drug-likeness (QED) is 0.805. The number of benzene rings is 1. The highest BCUT2D eigenvalue weighted by Gasteiger charge is 2.20. The summed E-state index contributed by atoms with van der Waals surface area (Å²) in [4.78, 5) is 24.4. The standard InChI is InChI=1S/C13H13FN2O3/c14-9-5-4-6-10(11(9)12(17)18)15-13(19)16-7-2-1-3-8-16/h1-2,4-6H,3,7-8H2,(H,15,19)(H,17,18). The number of aromatic carboxylic acids is 1. The molecule has 0 saturated carbocycles. The van der Waals surface area contributed by atoms with Gasteiger partial charge in [-0.2, -0.15) is 0 Å². The minimum atomic E-state index is -1.41. The van der Waals surface area contributed by atoms with Gasteiger partial charge in [-0.15, -0.1) is 0 Å². The third-order valence-corrected chi connectivity index (χ3v) is 2.81. The zero-order chi connectivity index (χ0) is 13.8. The average Bonchev–Trinajstić information content (AvgIpc) is 2.39. The van der Waals surface area contributed by atoms with E-state index in [9.17, 15) is 14.0 Å². The van der Waals surface area contributed by atoms with E-state index in [1.54, 1.807) is 0 Å². The van der Waals surface area contributed by atoms with Crippen LogP contribution in [0.25, 0.3) is 0 Å². The molecule has 19 heavy (non-hydrogen) atoms. The molecule has 1 aliphatic heterocycles. The van der Waals surface area contributed by atoms with Crippen LogP contribution in [0.15, 0.2) is 30.4 Å². The van der Waals surface area contributed by atoms with Crippen LogP contribution in [0.5, 0.6) is 0 Å². The van der Waals surface area contributed by atoms with Crippen LogP contribution in [0.2, 0.25) is 0 Å². The number of carbonyl (C=O) groups excluding carboxylic acids is 1. The summed E-state index contributed by atoms with van der Waals surface area (Å²) in [6, 6.07) is 3.33. The Hall–Kier alpha value is -2.37. The van der Waals surface area contributed by atoms with Crippen LogP contribution >= 0.6 is 0 Å². The maximum Gasteiger partial charge on any atom is 0.340 e. The number of carboxylic acids is 1. The average molecular weight is 264 g/mol. The molecule has 0 spiro atoms. The number of nitrogens with zero attached hydrogens (tertiary/aromatic N) is 1. The number of nitrogens with one attached hydrogen (secondary N) is 1. The first-order chi connectivity index (χ1) is 9.09. The molecule has 100 valence electrons. The van der Waals surface area contributed by atoms with Gasteiger partial charge in [-0.3, -0.25) is 0 Å². The van der Waals surface area contributed by atoms with Gasteiger partial charge in [0.1, 0.15) is 11.4 Å². The van der Waals surface area contributed by atoms with Crippen molar-refractivity contribution >= 4 is 17.7 Å². The molecular weight excluding hydrogens is 251 g/mol. The largest absolute Gasteiger partial charge is 0.478 e. The van der Waals surface area contributed by atoms with Crippen LogP contribution in [0.1, 0.15) is 16.8 Å². The summed E-state index contributed by atoms with van der Waals surface area (Å²) in [5.41, 5.74) is -0.560. The summed E-state index contributed by atoms with van der Waals surface area (Å²) in [5.74, 6) is -2.28. The van der Waals surface area contributed by atoms with Gasteiger partial charge in [0.2, 0.25) is 0 Å². The van der Waals surface area contributed by atoms with Gasteiger partial charge in [0.05, 0.1) is 5.69 Å². The van der Waals surface area contributed by atoms with Crippen molar-refractivity contribution in [1.29, 1.82) is 0 Å². The third kappa shape index (κ3) is 2.90. The lowest BCUT2D eigenvalue weighted by Gasteiger charge is -2.24. The first kappa shape index (κ1) is 13.1. The molecule has 1 aromatic rings. The van der Waals surface area contributed by atoms with Crippen molar-refractivity contribution in [1.82, 2.24) is 4.90 Å². The number of carboxylic acid groups (broad SMARTS) is 1. The van der Waals surface area contributed by atoms with E-state index in [0.717, 1.165) is 12.5 Å². The molecule has 0 radical (unpaired) electrons. The molecule has 1 aliphatic rings. The van der Waals surface area contributed by atoms with E-state index in [0.29, 0.717) is 13.1 Å². The molecule has 0 atom stereocenters. The highest BCUT2D eigenvalue weighted by atomic mass is 19.1. The smallest absolute Gasteiger partial charge is 0.340 e. The molecule has 0 bridgehead atoms. The van der Waals surface area contributed by atoms with Gasteiger partial charge < -0.3 is 15.3 Å². The fourth-order valence-electron chi connectivity index (χ4n) is 1.87. The zero-order valence-electron chi connectivity index (χ0n) is 10.1. The maximum atomic E-state index is 13.4. The monoisotopic (exact) mass is 264 g/mol. The van der Waals surface area contributed by atoms with E-state index in [1.165, 1.54) is 17.0 Å². The minimum Gasteiger partial charge on any atom is -0.478 e. The van der Waals surface area contributed by atoms with Crippen LogP contribution < -0.4 is 5.32 Å². The predicted octanol–water partition coefficient (Wildman–Crippen LogP) is 2.32. The van der Waals surface area contributed by atoms with Gasteiger partial charge >= 0.3 is 12.0 Å². The van der Waals surface area contributed by atoms with Crippen molar-refractivity contribution in [3.8, 4) is 0 Å². The van der Waals surface area contributed by atoms with Gasteiger partial charge in [-0.1, -0.05) is 18.2 Å². The molecule has 1 heterocycles. The van der Waals surface area contributed by atoms with E-state index >= 15 is 0 Å². The fourth-order valence-corrected chi connectivity index (χ4v) is 1.87. The molecular formula is C13H13FN2O3. The summed E-state index contributed by atoms with van der Waals surface area (Å²) in [6.45, 7) is 1.02. The number of hydrogen-bond acceptors (Lipinski definition) is 2. The lowest BCUT2D eigenvalue weighted by atomic mass is 10.1.